The van der Waals surface area contributed by atoms with Gasteiger partial charge in [-0.2, -0.15) is 0 Å². The number of rotatable bonds is 31. The number of allylic oxidation sites excluding steroid dienone is 1. The number of nitrogens with one attached hydrogen (secondary N) is 3. The van der Waals surface area contributed by atoms with Crippen LogP contribution in [0.15, 0.2) is 11.6 Å². The van der Waals surface area contributed by atoms with E-state index in [0.717, 1.165) is 51.4 Å². The molecule has 274 valence electrons. The van der Waals surface area contributed by atoms with Gasteiger partial charge in [0, 0.05) is 25.7 Å². The predicted molar refractivity (Wildman–Crippen MR) is 176 cm³/mol. The van der Waals surface area contributed by atoms with E-state index in [4.69, 9.17) is 5.11 Å². The molecule has 0 saturated heterocycles. The molecule has 0 bridgehead atoms. The summed E-state index contributed by atoms with van der Waals surface area (Å²) in [6.45, 7) is -0.598. The lowest BCUT2D eigenvalue weighted by molar-refractivity contribution is -0.142. The number of Topliss-reactive ketones (excluding diaryl/α,β-unsaturated/α-hetero) is 1. The highest BCUT2D eigenvalue weighted by atomic mass is 16.5. The normalized spacial score (nSPS) is 14.0. The topological polar surface area (TPSA) is 240 Å². The summed E-state index contributed by atoms with van der Waals surface area (Å²) in [7, 11) is 0. The van der Waals surface area contributed by atoms with Crippen molar-refractivity contribution in [1.82, 2.24) is 16.0 Å². The van der Waals surface area contributed by atoms with Crippen molar-refractivity contribution in [1.29, 1.82) is 0 Å². The van der Waals surface area contributed by atoms with Crippen LogP contribution in [0.1, 0.15) is 135 Å². The molecule has 0 radical (unpaired) electrons. The maximum Gasteiger partial charge on any atom is 0.326 e. The number of aliphatic hydroxyl groups is 3. The molecule has 0 saturated carbocycles. The van der Waals surface area contributed by atoms with E-state index in [9.17, 15) is 49.2 Å². The molecule has 48 heavy (non-hydrogen) atoms. The molecule has 0 aliphatic heterocycles. The van der Waals surface area contributed by atoms with Crippen LogP contribution in [0.3, 0.4) is 0 Å². The molecule has 0 spiro atoms. The first-order chi connectivity index (χ1) is 22.9. The van der Waals surface area contributed by atoms with Crippen LogP contribution in [0.4, 0.5) is 0 Å². The van der Waals surface area contributed by atoms with Crippen LogP contribution in [0.25, 0.3) is 0 Å². The number of amides is 3. The third kappa shape index (κ3) is 21.5. The van der Waals surface area contributed by atoms with Crippen molar-refractivity contribution in [2.24, 2.45) is 0 Å². The second kappa shape index (κ2) is 25.6. The highest BCUT2D eigenvalue weighted by molar-refractivity contribution is 6.04. The predicted octanol–water partition coefficient (Wildman–Crippen LogP) is 2.61. The van der Waals surface area contributed by atoms with Crippen molar-refractivity contribution < 1.29 is 54.3 Å². The quantitative estimate of drug-likeness (QED) is 0.0390. The summed E-state index contributed by atoms with van der Waals surface area (Å²) in [6.07, 6.45) is 14.4. The van der Waals surface area contributed by atoms with Crippen LogP contribution < -0.4 is 16.0 Å². The van der Waals surface area contributed by atoms with E-state index in [0.29, 0.717) is 18.4 Å². The van der Waals surface area contributed by atoms with Crippen molar-refractivity contribution in [3.63, 3.8) is 0 Å². The number of aliphatic carboxylic acids is 2. The van der Waals surface area contributed by atoms with E-state index < -0.39 is 60.6 Å². The van der Waals surface area contributed by atoms with Gasteiger partial charge in [0.15, 0.2) is 12.1 Å². The Balaban J connectivity index is 2.17. The Kier molecular flexibility index (Phi) is 22.8. The summed E-state index contributed by atoms with van der Waals surface area (Å²) < 4.78 is 0. The molecule has 1 aliphatic carbocycles. The van der Waals surface area contributed by atoms with Crippen molar-refractivity contribution in [3.8, 4) is 0 Å². The van der Waals surface area contributed by atoms with E-state index in [2.05, 4.69) is 16.0 Å². The van der Waals surface area contributed by atoms with Gasteiger partial charge in [-0.3, -0.25) is 24.0 Å². The highest BCUT2D eigenvalue weighted by Crippen LogP contribution is 2.20. The van der Waals surface area contributed by atoms with Gasteiger partial charge in [-0.15, -0.1) is 0 Å². The molecule has 0 fully saturated rings. The lowest BCUT2D eigenvalue weighted by Gasteiger charge is -2.21. The average molecular weight is 684 g/mol. The van der Waals surface area contributed by atoms with Crippen LogP contribution in [-0.2, 0) is 28.8 Å². The van der Waals surface area contributed by atoms with Crippen molar-refractivity contribution in [2.75, 3.05) is 6.61 Å². The second-order valence-electron chi connectivity index (χ2n) is 12.6. The summed E-state index contributed by atoms with van der Waals surface area (Å²) in [6, 6.07) is -3.65. The van der Waals surface area contributed by atoms with Gasteiger partial charge in [0.25, 0.3) is 0 Å². The molecule has 14 heteroatoms. The maximum absolute atomic E-state index is 12.4. The van der Waals surface area contributed by atoms with E-state index in [1.165, 1.54) is 32.1 Å². The molecule has 1 rings (SSSR count). The molecular weight excluding hydrogens is 626 g/mol. The zero-order valence-corrected chi connectivity index (χ0v) is 28.1. The summed E-state index contributed by atoms with van der Waals surface area (Å²) in [5.41, 5.74) is 0.508. The molecule has 0 unspecified atom stereocenters. The van der Waals surface area contributed by atoms with Crippen molar-refractivity contribution in [3.05, 3.63) is 11.6 Å². The number of carbonyl (C=O) groups is 6. The van der Waals surface area contributed by atoms with Crippen LogP contribution in [0.5, 0.6) is 0 Å². The minimum absolute atomic E-state index is 0.148. The van der Waals surface area contributed by atoms with Crippen LogP contribution >= 0.6 is 0 Å². The molecule has 14 nitrogen and oxygen atoms in total. The molecule has 8 N–H and O–H groups in total. The number of carbonyl (C=O) groups excluding carboxylic acids is 4. The summed E-state index contributed by atoms with van der Waals surface area (Å²) >= 11 is 0. The molecule has 3 amide bonds. The minimum atomic E-state index is -1.92. The standard InChI is InChI=1S/C34H57N3O11/c38-23-27(32(44)24-17-18-24)37-30(41)22-20-26(34(47)48)36-29(40)21-19-25(33(45)46)35-28(39)15-13-11-9-7-5-3-1-2-4-6-8-10-12-14-16-31(42)43/h17,25-27,33,38,45-46H,1-16,18-23H2,(H,35,39)(H,36,40)(H,37,41)(H,42,43)(H,47,48)/t25-,26-,27-/m0/s1. The Morgan fingerprint density at radius 1 is 0.583 bits per heavy atom. The molecule has 1 aliphatic rings. The highest BCUT2D eigenvalue weighted by Gasteiger charge is 2.28. The zero-order valence-electron chi connectivity index (χ0n) is 28.1. The van der Waals surface area contributed by atoms with Gasteiger partial charge in [0.2, 0.25) is 17.7 Å². The number of ketones is 1. The molecule has 0 aromatic rings. The average Bonchev–Trinajstić information content (AvgIpc) is 3.88. The van der Waals surface area contributed by atoms with Crippen molar-refractivity contribution in [2.45, 2.75) is 159 Å². The number of hydrogen-bond acceptors (Lipinski definition) is 9. The first-order valence-corrected chi connectivity index (χ1v) is 17.5. The second-order valence-corrected chi connectivity index (χ2v) is 12.6. The largest absolute Gasteiger partial charge is 0.481 e. The van der Waals surface area contributed by atoms with E-state index in [1.54, 1.807) is 6.08 Å². The van der Waals surface area contributed by atoms with Gasteiger partial charge in [-0.25, -0.2) is 4.79 Å². The fourth-order valence-electron chi connectivity index (χ4n) is 5.28. The Morgan fingerprint density at radius 2 is 1.00 bits per heavy atom. The minimum Gasteiger partial charge on any atom is -0.481 e. The van der Waals surface area contributed by atoms with Crippen LogP contribution in [0, 0.1) is 0 Å². The van der Waals surface area contributed by atoms with Gasteiger partial charge in [-0.05, 0) is 37.7 Å². The van der Waals surface area contributed by atoms with Gasteiger partial charge in [0.05, 0.1) is 12.6 Å². The Labute approximate surface area is 283 Å². The number of hydrogen-bond donors (Lipinski definition) is 8. The molecule has 0 aromatic heterocycles. The third-order valence-electron chi connectivity index (χ3n) is 8.29. The smallest absolute Gasteiger partial charge is 0.326 e. The summed E-state index contributed by atoms with van der Waals surface area (Å²) in [4.78, 5) is 71.1. The summed E-state index contributed by atoms with van der Waals surface area (Å²) in [5, 5.41) is 54.0. The molecular formula is C34H57N3O11. The van der Waals surface area contributed by atoms with Gasteiger partial charge < -0.3 is 41.5 Å². The Morgan fingerprint density at radius 3 is 1.42 bits per heavy atom. The Hall–Kier alpha value is -3.36. The number of carboxylic acid groups (broad SMARTS) is 2. The third-order valence-corrected chi connectivity index (χ3v) is 8.29. The first kappa shape index (κ1) is 42.7. The van der Waals surface area contributed by atoms with E-state index in [-0.39, 0.29) is 44.4 Å². The maximum atomic E-state index is 12.4. The Bertz CT molecular complexity index is 1050. The zero-order chi connectivity index (χ0) is 35.7. The van der Waals surface area contributed by atoms with Crippen molar-refractivity contribution >= 4 is 35.4 Å². The molecule has 0 aromatic carbocycles. The fourth-order valence-corrected chi connectivity index (χ4v) is 5.28. The summed E-state index contributed by atoms with van der Waals surface area (Å²) in [5.74, 6) is -4.24. The van der Waals surface area contributed by atoms with Crippen LogP contribution in [-0.4, -0.2) is 92.0 Å². The first-order valence-electron chi connectivity index (χ1n) is 17.5. The fraction of sp³-hybridized carbons (Fsp3) is 0.765. The van der Waals surface area contributed by atoms with Gasteiger partial charge in [0.1, 0.15) is 12.1 Å². The van der Waals surface area contributed by atoms with Gasteiger partial charge >= 0.3 is 11.9 Å². The van der Waals surface area contributed by atoms with E-state index >= 15 is 0 Å². The molecule has 0 heterocycles. The number of carboxylic acids is 2. The van der Waals surface area contributed by atoms with Crippen LogP contribution in [0.2, 0.25) is 0 Å². The lowest BCUT2D eigenvalue weighted by Crippen LogP contribution is -2.46. The molecule has 3 atom stereocenters. The van der Waals surface area contributed by atoms with E-state index in [1.807, 2.05) is 0 Å². The van der Waals surface area contributed by atoms with Gasteiger partial charge in [-0.1, -0.05) is 83.1 Å². The number of unbranched alkanes of at least 4 members (excludes halogenated alkanes) is 13. The SMILES string of the molecule is O=C(O)CCCCCCCCCCCCCCCCC(=O)N[C@@H](CCC(=O)N[C@@H](CCC(=O)N[C@@H](CO)C(=O)C1=CC1)C(=O)O)C(O)O. The number of aliphatic hydroxyl groups excluding tert-OH is 2. The lowest BCUT2D eigenvalue weighted by atomic mass is 10.0. The monoisotopic (exact) mass is 683 g/mol.